The number of benzene rings is 1. The van der Waals surface area contributed by atoms with E-state index in [1.54, 1.807) is 6.07 Å². The van der Waals surface area contributed by atoms with E-state index in [0.717, 1.165) is 16.7 Å². The summed E-state index contributed by atoms with van der Waals surface area (Å²) in [7, 11) is 0. The lowest BCUT2D eigenvalue weighted by Crippen LogP contribution is -2.07. The summed E-state index contributed by atoms with van der Waals surface area (Å²) in [5, 5.41) is 11.0. The summed E-state index contributed by atoms with van der Waals surface area (Å²) in [4.78, 5) is 3.98. The number of aromatic nitrogens is 1. The number of nitrogen functional groups attached to an aromatic ring is 1. The first kappa shape index (κ1) is 13.8. The Bertz CT molecular complexity index is 626. The van der Waals surface area contributed by atoms with Crippen molar-refractivity contribution in [2.24, 2.45) is 0 Å². The maximum absolute atomic E-state index is 10.5. The van der Waals surface area contributed by atoms with Gasteiger partial charge in [-0.2, -0.15) is 0 Å². The van der Waals surface area contributed by atoms with E-state index in [1.807, 2.05) is 26.8 Å². The van der Waals surface area contributed by atoms with Crippen LogP contribution in [0.2, 0.25) is 5.02 Å². The highest BCUT2D eigenvalue weighted by Gasteiger charge is 2.17. The molecule has 1 unspecified atom stereocenters. The summed E-state index contributed by atoms with van der Waals surface area (Å²) >= 11 is 5.92. The molecule has 1 atom stereocenters. The Labute approximate surface area is 118 Å². The molecule has 0 bridgehead atoms. The molecule has 0 fully saturated rings. The van der Waals surface area contributed by atoms with Crippen LogP contribution in [0.15, 0.2) is 24.4 Å². The molecular weight excluding hydrogens is 260 g/mol. The Morgan fingerprint density at radius 2 is 1.68 bits per heavy atom. The van der Waals surface area contributed by atoms with Crippen molar-refractivity contribution >= 4 is 17.4 Å². The van der Waals surface area contributed by atoms with Crippen molar-refractivity contribution in [1.29, 1.82) is 0 Å². The molecule has 1 aromatic carbocycles. The highest BCUT2D eigenvalue weighted by Crippen LogP contribution is 2.30. The first-order valence-electron chi connectivity index (χ1n) is 6.07. The van der Waals surface area contributed by atoms with Crippen molar-refractivity contribution in [3.05, 3.63) is 57.2 Å². The summed E-state index contributed by atoms with van der Waals surface area (Å²) in [5.41, 5.74) is 10.5. The second-order valence-corrected chi connectivity index (χ2v) is 5.26. The van der Waals surface area contributed by atoms with E-state index < -0.39 is 6.10 Å². The van der Waals surface area contributed by atoms with Crippen molar-refractivity contribution in [1.82, 2.24) is 4.98 Å². The molecule has 0 aliphatic heterocycles. The van der Waals surface area contributed by atoms with Crippen LogP contribution in [0.5, 0.6) is 0 Å². The normalized spacial score (nSPS) is 12.5. The number of nitrogens with zero attached hydrogens (tertiary/aromatic N) is 1. The smallest absolute Gasteiger partial charge is 0.129 e. The fraction of sp³-hybridized carbons (Fsp3) is 0.267. The van der Waals surface area contributed by atoms with E-state index in [2.05, 4.69) is 11.1 Å². The summed E-state index contributed by atoms with van der Waals surface area (Å²) in [5.74, 6) is 0.300. The number of hydrogen-bond donors (Lipinski definition) is 2. The Kier molecular flexibility index (Phi) is 3.78. The van der Waals surface area contributed by atoms with E-state index in [0.29, 0.717) is 16.4 Å². The van der Waals surface area contributed by atoms with Gasteiger partial charge in [-0.1, -0.05) is 23.7 Å². The molecule has 0 amide bonds. The van der Waals surface area contributed by atoms with Crippen LogP contribution in [-0.4, -0.2) is 10.1 Å². The van der Waals surface area contributed by atoms with E-state index in [4.69, 9.17) is 17.3 Å². The fourth-order valence-corrected chi connectivity index (χ4v) is 2.30. The molecule has 0 saturated heterocycles. The number of hydrogen-bond acceptors (Lipinski definition) is 3. The van der Waals surface area contributed by atoms with E-state index >= 15 is 0 Å². The monoisotopic (exact) mass is 276 g/mol. The SMILES string of the molecule is Cc1cc(C)c(C(O)c2cc(Cl)cnc2N)cc1C. The lowest BCUT2D eigenvalue weighted by molar-refractivity contribution is 0.220. The van der Waals surface area contributed by atoms with Crippen molar-refractivity contribution in [3.63, 3.8) is 0 Å². The van der Waals surface area contributed by atoms with Gasteiger partial charge >= 0.3 is 0 Å². The van der Waals surface area contributed by atoms with Gasteiger partial charge in [0, 0.05) is 11.8 Å². The average molecular weight is 277 g/mol. The topological polar surface area (TPSA) is 59.1 Å². The molecule has 100 valence electrons. The third-order valence-corrected chi connectivity index (χ3v) is 3.59. The van der Waals surface area contributed by atoms with Gasteiger partial charge in [-0.25, -0.2) is 4.98 Å². The molecule has 1 aromatic heterocycles. The van der Waals surface area contributed by atoms with E-state index in [9.17, 15) is 5.11 Å². The van der Waals surface area contributed by atoms with E-state index in [1.165, 1.54) is 11.8 Å². The first-order chi connectivity index (χ1) is 8.90. The minimum atomic E-state index is -0.814. The van der Waals surface area contributed by atoms with Gasteiger partial charge in [-0.05, 0) is 49.1 Å². The zero-order valence-corrected chi connectivity index (χ0v) is 12.0. The van der Waals surface area contributed by atoms with Gasteiger partial charge in [0.2, 0.25) is 0 Å². The number of aryl methyl sites for hydroxylation is 3. The number of rotatable bonds is 2. The van der Waals surface area contributed by atoms with Crippen LogP contribution in [0.3, 0.4) is 0 Å². The molecule has 0 saturated carbocycles. The van der Waals surface area contributed by atoms with Crippen LogP contribution in [-0.2, 0) is 0 Å². The van der Waals surface area contributed by atoms with Gasteiger partial charge < -0.3 is 10.8 Å². The van der Waals surface area contributed by atoms with Gasteiger partial charge in [-0.15, -0.1) is 0 Å². The minimum absolute atomic E-state index is 0.300. The summed E-state index contributed by atoms with van der Waals surface area (Å²) in [6.07, 6.45) is 0.658. The summed E-state index contributed by atoms with van der Waals surface area (Å²) in [6.45, 7) is 6.04. The molecule has 19 heavy (non-hydrogen) atoms. The second kappa shape index (κ2) is 5.19. The molecule has 0 radical (unpaired) electrons. The maximum atomic E-state index is 10.5. The Morgan fingerprint density at radius 1 is 1.05 bits per heavy atom. The van der Waals surface area contributed by atoms with Gasteiger partial charge in [0.1, 0.15) is 11.9 Å². The van der Waals surface area contributed by atoms with Crippen LogP contribution in [0.1, 0.15) is 33.9 Å². The van der Waals surface area contributed by atoms with Crippen LogP contribution in [0, 0.1) is 20.8 Å². The Morgan fingerprint density at radius 3 is 2.37 bits per heavy atom. The highest BCUT2D eigenvalue weighted by molar-refractivity contribution is 6.30. The third-order valence-electron chi connectivity index (χ3n) is 3.39. The number of aliphatic hydroxyl groups is 1. The largest absolute Gasteiger partial charge is 0.384 e. The molecular formula is C15H17ClN2O. The first-order valence-corrected chi connectivity index (χ1v) is 6.44. The average Bonchev–Trinajstić information content (AvgIpc) is 2.36. The summed E-state index contributed by atoms with van der Waals surface area (Å²) < 4.78 is 0. The van der Waals surface area contributed by atoms with Crippen LogP contribution >= 0.6 is 11.6 Å². The van der Waals surface area contributed by atoms with Crippen molar-refractivity contribution in [2.45, 2.75) is 26.9 Å². The summed E-state index contributed by atoms with van der Waals surface area (Å²) in [6, 6.07) is 5.70. The number of anilines is 1. The predicted octanol–water partition coefficient (Wildman–Crippen LogP) is 3.32. The molecule has 3 N–H and O–H groups in total. The van der Waals surface area contributed by atoms with Gasteiger partial charge in [0.25, 0.3) is 0 Å². The fourth-order valence-electron chi connectivity index (χ4n) is 2.13. The lowest BCUT2D eigenvalue weighted by atomic mass is 9.94. The van der Waals surface area contributed by atoms with Crippen LogP contribution in [0.4, 0.5) is 5.82 Å². The van der Waals surface area contributed by atoms with Gasteiger partial charge in [0.15, 0.2) is 0 Å². The third kappa shape index (κ3) is 2.72. The Hall–Kier alpha value is -1.58. The number of pyridine rings is 1. The number of nitrogens with two attached hydrogens (primary N) is 1. The molecule has 0 spiro atoms. The van der Waals surface area contributed by atoms with E-state index in [-0.39, 0.29) is 0 Å². The molecule has 0 aliphatic carbocycles. The molecule has 2 rings (SSSR count). The molecule has 4 heteroatoms. The molecule has 0 aliphatic rings. The Balaban J connectivity index is 2.52. The lowest BCUT2D eigenvalue weighted by Gasteiger charge is -2.17. The van der Waals surface area contributed by atoms with Crippen LogP contribution < -0.4 is 5.73 Å². The second-order valence-electron chi connectivity index (χ2n) is 4.82. The zero-order chi connectivity index (χ0) is 14.2. The predicted molar refractivity (Wildman–Crippen MR) is 78.4 cm³/mol. The van der Waals surface area contributed by atoms with Gasteiger partial charge in [-0.3, -0.25) is 0 Å². The van der Waals surface area contributed by atoms with Crippen molar-refractivity contribution in [3.8, 4) is 0 Å². The van der Waals surface area contributed by atoms with Gasteiger partial charge in [0.05, 0.1) is 5.02 Å². The standard InChI is InChI=1S/C15H17ClN2O/c1-8-4-10(3)12(5-9(8)2)14(19)13-6-11(16)7-18-15(13)17/h4-7,14,19H,1-3H3,(H2,17,18). The quantitative estimate of drug-likeness (QED) is 0.884. The highest BCUT2D eigenvalue weighted by atomic mass is 35.5. The van der Waals surface area contributed by atoms with Crippen molar-refractivity contribution < 1.29 is 5.11 Å². The maximum Gasteiger partial charge on any atom is 0.129 e. The van der Waals surface area contributed by atoms with Crippen LogP contribution in [0.25, 0.3) is 0 Å². The minimum Gasteiger partial charge on any atom is -0.384 e. The van der Waals surface area contributed by atoms with Crippen molar-refractivity contribution in [2.75, 3.05) is 5.73 Å². The molecule has 1 heterocycles. The zero-order valence-electron chi connectivity index (χ0n) is 11.2. The number of halogens is 1. The number of aliphatic hydroxyl groups excluding tert-OH is 1. The molecule has 3 nitrogen and oxygen atoms in total. The molecule has 2 aromatic rings.